The van der Waals surface area contributed by atoms with Gasteiger partial charge in [0, 0.05) is 24.5 Å². The Labute approximate surface area is 124 Å². The molecule has 20 heavy (non-hydrogen) atoms. The first-order valence-electron chi connectivity index (χ1n) is 6.16. The van der Waals surface area contributed by atoms with E-state index in [1.165, 1.54) is 6.08 Å². The van der Waals surface area contributed by atoms with Gasteiger partial charge < -0.3 is 15.1 Å². The van der Waals surface area contributed by atoms with Gasteiger partial charge in [-0.1, -0.05) is 18.7 Å². The highest BCUT2D eigenvalue weighted by atomic mass is 35.5. The van der Waals surface area contributed by atoms with Gasteiger partial charge in [-0.2, -0.15) is 0 Å². The van der Waals surface area contributed by atoms with Crippen LogP contribution in [-0.2, 0) is 17.9 Å². The zero-order chi connectivity index (χ0) is 14.0. The summed E-state index contributed by atoms with van der Waals surface area (Å²) in [6.45, 7) is 6.37. The second-order valence-electron chi connectivity index (χ2n) is 4.54. The highest BCUT2D eigenvalue weighted by Crippen LogP contribution is 2.28. The average Bonchev–Trinajstić information content (AvgIpc) is 2.74. The standard InChI is InChI=1S/C15H18N2O2.ClH/c1-4-14(18)17(3)9-13-10(2)15-11(8-16)6-5-7-12(15)19-13;/h4-7H,1,8-9,16H2,2-3H3;1H. The van der Waals surface area contributed by atoms with Gasteiger partial charge in [-0.25, -0.2) is 0 Å². The molecule has 0 atom stereocenters. The Bertz CT molecular complexity index is 634. The number of aryl methyl sites for hydroxylation is 1. The maximum absolute atomic E-state index is 11.5. The number of nitrogens with zero attached hydrogens (tertiary/aromatic N) is 1. The Morgan fingerprint density at radius 2 is 2.20 bits per heavy atom. The summed E-state index contributed by atoms with van der Waals surface area (Å²) >= 11 is 0. The lowest BCUT2D eigenvalue weighted by Gasteiger charge is -2.13. The van der Waals surface area contributed by atoms with Crippen molar-refractivity contribution in [1.82, 2.24) is 4.90 Å². The van der Waals surface area contributed by atoms with Gasteiger partial charge in [-0.3, -0.25) is 4.79 Å². The Kier molecular flexibility index (Phi) is 5.36. The van der Waals surface area contributed by atoms with Crippen molar-refractivity contribution in [3.05, 3.63) is 47.7 Å². The third-order valence-corrected chi connectivity index (χ3v) is 3.29. The summed E-state index contributed by atoms with van der Waals surface area (Å²) in [5.74, 6) is 0.660. The molecule has 108 valence electrons. The number of nitrogens with two attached hydrogens (primary N) is 1. The van der Waals surface area contributed by atoms with E-state index in [1.807, 2.05) is 25.1 Å². The van der Waals surface area contributed by atoms with Gasteiger partial charge in [0.2, 0.25) is 5.91 Å². The van der Waals surface area contributed by atoms with E-state index in [4.69, 9.17) is 10.2 Å². The average molecular weight is 295 g/mol. The van der Waals surface area contributed by atoms with Crippen molar-refractivity contribution in [3.63, 3.8) is 0 Å². The minimum Gasteiger partial charge on any atom is -0.459 e. The molecule has 0 radical (unpaired) electrons. The lowest BCUT2D eigenvalue weighted by Crippen LogP contribution is -2.23. The molecule has 0 unspecified atom stereocenters. The summed E-state index contributed by atoms with van der Waals surface area (Å²) < 4.78 is 5.82. The summed E-state index contributed by atoms with van der Waals surface area (Å²) in [6, 6.07) is 5.84. The molecule has 2 rings (SSSR count). The van der Waals surface area contributed by atoms with Gasteiger partial charge in [-0.15, -0.1) is 12.4 Å². The van der Waals surface area contributed by atoms with Crippen LogP contribution in [0.5, 0.6) is 0 Å². The monoisotopic (exact) mass is 294 g/mol. The quantitative estimate of drug-likeness (QED) is 0.882. The molecule has 0 fully saturated rings. The van der Waals surface area contributed by atoms with Gasteiger partial charge >= 0.3 is 0 Å². The van der Waals surface area contributed by atoms with Gasteiger partial charge in [0.1, 0.15) is 11.3 Å². The van der Waals surface area contributed by atoms with Crippen molar-refractivity contribution >= 4 is 29.3 Å². The molecular weight excluding hydrogens is 276 g/mol. The molecule has 0 aliphatic rings. The number of rotatable bonds is 4. The number of halogens is 1. The fourth-order valence-electron chi connectivity index (χ4n) is 2.21. The van der Waals surface area contributed by atoms with Crippen molar-refractivity contribution in [2.24, 2.45) is 5.73 Å². The minimum absolute atomic E-state index is 0. The van der Waals surface area contributed by atoms with Crippen LogP contribution in [0, 0.1) is 6.92 Å². The molecule has 2 aromatic rings. The lowest BCUT2D eigenvalue weighted by molar-refractivity contribution is -0.125. The summed E-state index contributed by atoms with van der Waals surface area (Å²) in [7, 11) is 1.72. The Balaban J connectivity index is 0.00000200. The fourth-order valence-corrected chi connectivity index (χ4v) is 2.21. The van der Waals surface area contributed by atoms with Gasteiger partial charge in [0.25, 0.3) is 0 Å². The van der Waals surface area contributed by atoms with Gasteiger partial charge in [-0.05, 0) is 24.6 Å². The van der Waals surface area contributed by atoms with Crippen LogP contribution >= 0.6 is 12.4 Å². The van der Waals surface area contributed by atoms with E-state index in [0.717, 1.165) is 27.9 Å². The smallest absolute Gasteiger partial charge is 0.246 e. The van der Waals surface area contributed by atoms with Crippen molar-refractivity contribution in [1.29, 1.82) is 0 Å². The van der Waals surface area contributed by atoms with E-state index in [0.29, 0.717) is 13.1 Å². The number of furan rings is 1. The number of likely N-dealkylation sites (N-methyl/N-ethyl adjacent to an activating group) is 1. The van der Waals surface area contributed by atoms with Crippen LogP contribution in [-0.4, -0.2) is 17.9 Å². The Morgan fingerprint density at radius 1 is 1.50 bits per heavy atom. The Hall–Kier alpha value is -1.78. The van der Waals surface area contributed by atoms with Gasteiger partial charge in [0.05, 0.1) is 6.54 Å². The van der Waals surface area contributed by atoms with Crippen LogP contribution in [0.3, 0.4) is 0 Å². The van der Waals surface area contributed by atoms with Crippen LogP contribution in [0.15, 0.2) is 35.3 Å². The van der Waals surface area contributed by atoms with Crippen molar-refractivity contribution in [2.45, 2.75) is 20.0 Å². The number of hydrogen-bond donors (Lipinski definition) is 1. The predicted octanol–water partition coefficient (Wildman–Crippen LogP) is 2.77. The fraction of sp³-hybridized carbons (Fsp3) is 0.267. The highest BCUT2D eigenvalue weighted by molar-refractivity contribution is 5.88. The largest absolute Gasteiger partial charge is 0.459 e. The lowest BCUT2D eigenvalue weighted by atomic mass is 10.1. The normalized spacial score (nSPS) is 10.2. The summed E-state index contributed by atoms with van der Waals surface area (Å²) in [4.78, 5) is 13.1. The van der Waals surface area contributed by atoms with Crippen LogP contribution in [0.1, 0.15) is 16.9 Å². The molecule has 0 saturated carbocycles. The maximum atomic E-state index is 11.5. The molecule has 0 aliphatic heterocycles. The molecule has 4 nitrogen and oxygen atoms in total. The van der Waals surface area contributed by atoms with Crippen LogP contribution < -0.4 is 5.73 Å². The molecule has 2 N–H and O–H groups in total. The number of amides is 1. The molecule has 1 aromatic carbocycles. The number of carbonyl (C=O) groups is 1. The molecule has 5 heteroatoms. The molecular formula is C15H19ClN2O2. The molecule has 0 saturated heterocycles. The molecule has 0 bridgehead atoms. The zero-order valence-corrected chi connectivity index (χ0v) is 12.5. The third kappa shape index (κ3) is 2.86. The molecule has 1 heterocycles. The van der Waals surface area contributed by atoms with E-state index in [1.54, 1.807) is 11.9 Å². The van der Waals surface area contributed by atoms with E-state index in [9.17, 15) is 4.79 Å². The zero-order valence-electron chi connectivity index (χ0n) is 11.7. The van der Waals surface area contributed by atoms with Crippen molar-refractivity contribution in [3.8, 4) is 0 Å². The second-order valence-corrected chi connectivity index (χ2v) is 4.54. The highest BCUT2D eigenvalue weighted by Gasteiger charge is 2.15. The summed E-state index contributed by atoms with van der Waals surface area (Å²) in [5.41, 5.74) is 8.66. The Morgan fingerprint density at radius 3 is 2.80 bits per heavy atom. The molecule has 1 aromatic heterocycles. The third-order valence-electron chi connectivity index (χ3n) is 3.29. The molecule has 0 aliphatic carbocycles. The minimum atomic E-state index is -0.126. The summed E-state index contributed by atoms with van der Waals surface area (Å²) in [6.07, 6.45) is 1.29. The van der Waals surface area contributed by atoms with Crippen LogP contribution in [0.4, 0.5) is 0 Å². The van der Waals surface area contributed by atoms with E-state index < -0.39 is 0 Å². The van der Waals surface area contributed by atoms with E-state index in [2.05, 4.69) is 6.58 Å². The first-order chi connectivity index (χ1) is 9.08. The summed E-state index contributed by atoms with van der Waals surface area (Å²) in [5, 5.41) is 1.06. The van der Waals surface area contributed by atoms with E-state index >= 15 is 0 Å². The number of carbonyl (C=O) groups excluding carboxylic acids is 1. The van der Waals surface area contributed by atoms with E-state index in [-0.39, 0.29) is 18.3 Å². The second kappa shape index (κ2) is 6.59. The van der Waals surface area contributed by atoms with Crippen molar-refractivity contribution < 1.29 is 9.21 Å². The number of fused-ring (bicyclic) bond motifs is 1. The molecule has 1 amide bonds. The molecule has 0 spiro atoms. The number of benzene rings is 1. The first kappa shape index (κ1) is 16.3. The maximum Gasteiger partial charge on any atom is 0.246 e. The number of hydrogen-bond acceptors (Lipinski definition) is 3. The van der Waals surface area contributed by atoms with Crippen LogP contribution in [0.2, 0.25) is 0 Å². The SMILES string of the molecule is C=CC(=O)N(C)Cc1oc2cccc(CN)c2c1C.Cl. The predicted molar refractivity (Wildman–Crippen MR) is 82.8 cm³/mol. The van der Waals surface area contributed by atoms with Crippen LogP contribution in [0.25, 0.3) is 11.0 Å². The first-order valence-corrected chi connectivity index (χ1v) is 6.16. The van der Waals surface area contributed by atoms with Gasteiger partial charge in [0.15, 0.2) is 0 Å². The van der Waals surface area contributed by atoms with Crippen molar-refractivity contribution in [2.75, 3.05) is 7.05 Å². The topological polar surface area (TPSA) is 59.5 Å².